The van der Waals surface area contributed by atoms with E-state index in [1.807, 2.05) is 37.3 Å². The molecule has 1 aliphatic rings. The smallest absolute Gasteiger partial charge is 0.232 e. The summed E-state index contributed by atoms with van der Waals surface area (Å²) in [5.74, 6) is 0.161. The maximum Gasteiger partial charge on any atom is 0.232 e. The van der Waals surface area contributed by atoms with E-state index < -0.39 is 0 Å². The number of nitriles is 1. The quantitative estimate of drug-likeness (QED) is 0.837. The summed E-state index contributed by atoms with van der Waals surface area (Å²) < 4.78 is 0. The van der Waals surface area contributed by atoms with Crippen molar-refractivity contribution in [2.75, 3.05) is 5.32 Å². The Labute approximate surface area is 109 Å². The molecule has 3 rings (SSSR count). The predicted octanol–water partition coefficient (Wildman–Crippen LogP) is 1.82. The van der Waals surface area contributed by atoms with E-state index in [1.165, 1.54) is 0 Å². The number of nitrogens with one attached hydrogen (secondary N) is 1. The fourth-order valence-corrected chi connectivity index (χ4v) is 2.16. The van der Waals surface area contributed by atoms with Crippen LogP contribution in [-0.4, -0.2) is 15.9 Å². The Morgan fingerprint density at radius 1 is 1.32 bits per heavy atom. The van der Waals surface area contributed by atoms with Crippen LogP contribution in [0.3, 0.4) is 0 Å². The van der Waals surface area contributed by atoms with Gasteiger partial charge in [0.05, 0.1) is 12.1 Å². The number of benzene rings is 1. The van der Waals surface area contributed by atoms with Gasteiger partial charge in [0.1, 0.15) is 6.07 Å². The molecule has 2 heterocycles. The van der Waals surface area contributed by atoms with Crippen LogP contribution in [-0.2, 0) is 11.2 Å². The van der Waals surface area contributed by atoms with Gasteiger partial charge >= 0.3 is 0 Å². The molecule has 1 aromatic carbocycles. The number of aromatic nitrogens is 2. The molecule has 1 amide bonds. The molecule has 1 aromatic heterocycles. The number of carbonyl (C=O) groups is 1. The largest absolute Gasteiger partial charge is 0.326 e. The topological polar surface area (TPSA) is 78.7 Å². The molecule has 0 saturated heterocycles. The molecule has 0 unspecified atom stereocenters. The molecular formula is C14H10N4O. The van der Waals surface area contributed by atoms with Crippen LogP contribution >= 0.6 is 0 Å². The molecule has 92 valence electrons. The van der Waals surface area contributed by atoms with E-state index in [-0.39, 0.29) is 11.7 Å². The van der Waals surface area contributed by atoms with Crippen LogP contribution < -0.4 is 5.32 Å². The van der Waals surface area contributed by atoms with E-state index in [4.69, 9.17) is 5.26 Å². The van der Waals surface area contributed by atoms with Crippen molar-refractivity contribution in [2.45, 2.75) is 13.3 Å². The normalized spacial score (nSPS) is 12.7. The summed E-state index contributed by atoms with van der Waals surface area (Å²) in [6, 6.07) is 9.44. The van der Waals surface area contributed by atoms with Crippen molar-refractivity contribution in [2.24, 2.45) is 0 Å². The number of aryl methyl sites for hydroxylation is 1. The highest BCUT2D eigenvalue weighted by molar-refractivity contribution is 5.99. The summed E-state index contributed by atoms with van der Waals surface area (Å²) in [6.07, 6.45) is 0.387. The average molecular weight is 250 g/mol. The van der Waals surface area contributed by atoms with Crippen LogP contribution in [0.5, 0.6) is 0 Å². The highest BCUT2D eigenvalue weighted by Crippen LogP contribution is 2.28. The lowest BCUT2D eigenvalue weighted by molar-refractivity contribution is -0.115. The number of nitrogens with zero attached hydrogens (tertiary/aromatic N) is 3. The van der Waals surface area contributed by atoms with Gasteiger partial charge in [-0.1, -0.05) is 6.07 Å². The lowest BCUT2D eigenvalue weighted by Gasteiger charge is -2.05. The second-order valence-corrected chi connectivity index (χ2v) is 4.43. The van der Waals surface area contributed by atoms with Crippen LogP contribution in [0.1, 0.15) is 17.1 Å². The number of hydrogen-bond acceptors (Lipinski definition) is 4. The molecule has 0 spiro atoms. The van der Waals surface area contributed by atoms with Crippen LogP contribution in [0.15, 0.2) is 24.3 Å². The van der Waals surface area contributed by atoms with E-state index >= 15 is 0 Å². The van der Waals surface area contributed by atoms with Crippen molar-refractivity contribution in [1.82, 2.24) is 9.97 Å². The van der Waals surface area contributed by atoms with Crippen molar-refractivity contribution in [1.29, 1.82) is 5.26 Å². The van der Waals surface area contributed by atoms with Crippen molar-refractivity contribution in [3.8, 4) is 17.3 Å². The summed E-state index contributed by atoms with van der Waals surface area (Å²) >= 11 is 0. The third-order valence-electron chi connectivity index (χ3n) is 2.98. The van der Waals surface area contributed by atoms with Gasteiger partial charge in [-0.25, -0.2) is 9.97 Å². The molecule has 5 nitrogen and oxygen atoms in total. The molecule has 0 aliphatic carbocycles. The molecule has 0 saturated carbocycles. The van der Waals surface area contributed by atoms with Crippen molar-refractivity contribution >= 4 is 11.6 Å². The average Bonchev–Trinajstić information content (AvgIpc) is 2.76. The fraction of sp³-hybridized carbons (Fsp3) is 0.143. The van der Waals surface area contributed by atoms with Gasteiger partial charge in [-0.15, -0.1) is 0 Å². The zero-order chi connectivity index (χ0) is 13.4. The predicted molar refractivity (Wildman–Crippen MR) is 69.3 cm³/mol. The number of anilines is 1. The minimum Gasteiger partial charge on any atom is -0.326 e. The SMILES string of the molecule is Cc1cc(-c2ccc3c(c2)CC(=O)N3)nc(C#N)n1. The second kappa shape index (κ2) is 4.18. The number of hydrogen-bond donors (Lipinski definition) is 1. The van der Waals surface area contributed by atoms with E-state index in [0.717, 1.165) is 22.5 Å². The van der Waals surface area contributed by atoms with E-state index in [0.29, 0.717) is 12.1 Å². The first-order chi connectivity index (χ1) is 9.15. The molecule has 0 fully saturated rings. The Hall–Kier alpha value is -2.74. The Bertz CT molecular complexity index is 731. The molecule has 5 heteroatoms. The van der Waals surface area contributed by atoms with Crippen LogP contribution in [0, 0.1) is 18.3 Å². The number of amides is 1. The van der Waals surface area contributed by atoms with Gasteiger partial charge in [0.2, 0.25) is 11.7 Å². The molecule has 19 heavy (non-hydrogen) atoms. The highest BCUT2D eigenvalue weighted by Gasteiger charge is 2.18. The summed E-state index contributed by atoms with van der Waals surface area (Å²) in [7, 11) is 0. The van der Waals surface area contributed by atoms with Gasteiger partial charge in [0.15, 0.2) is 0 Å². The summed E-state index contributed by atoms with van der Waals surface area (Å²) in [5, 5.41) is 11.7. The third-order valence-corrected chi connectivity index (χ3v) is 2.98. The first kappa shape index (κ1) is 11.4. The van der Waals surface area contributed by atoms with E-state index in [9.17, 15) is 4.79 Å². The van der Waals surface area contributed by atoms with Gasteiger partial charge in [-0.2, -0.15) is 5.26 Å². The zero-order valence-electron chi connectivity index (χ0n) is 10.3. The zero-order valence-corrected chi connectivity index (χ0v) is 10.3. The van der Waals surface area contributed by atoms with Gasteiger partial charge in [0, 0.05) is 16.9 Å². The molecule has 0 radical (unpaired) electrons. The van der Waals surface area contributed by atoms with Gasteiger partial charge < -0.3 is 5.32 Å². The Balaban J connectivity index is 2.09. The van der Waals surface area contributed by atoms with Crippen LogP contribution in [0.2, 0.25) is 0 Å². The number of carbonyl (C=O) groups excluding carboxylic acids is 1. The molecular weight excluding hydrogens is 240 g/mol. The molecule has 1 N–H and O–H groups in total. The number of rotatable bonds is 1. The fourth-order valence-electron chi connectivity index (χ4n) is 2.16. The molecule has 1 aliphatic heterocycles. The Morgan fingerprint density at radius 2 is 2.16 bits per heavy atom. The van der Waals surface area contributed by atoms with Gasteiger partial charge in [-0.05, 0) is 30.7 Å². The summed E-state index contributed by atoms with van der Waals surface area (Å²) in [6.45, 7) is 1.82. The lowest BCUT2D eigenvalue weighted by atomic mass is 10.1. The minimum atomic E-state index is 0.00346. The van der Waals surface area contributed by atoms with Gasteiger partial charge in [0.25, 0.3) is 0 Å². The lowest BCUT2D eigenvalue weighted by Crippen LogP contribution is -2.03. The Morgan fingerprint density at radius 3 is 2.95 bits per heavy atom. The Kier molecular flexibility index (Phi) is 2.50. The van der Waals surface area contributed by atoms with Crippen molar-refractivity contribution < 1.29 is 4.79 Å². The maximum atomic E-state index is 11.3. The minimum absolute atomic E-state index is 0.00346. The summed E-state index contributed by atoms with van der Waals surface area (Å²) in [5.41, 5.74) is 4.14. The third kappa shape index (κ3) is 2.04. The maximum absolute atomic E-state index is 11.3. The van der Waals surface area contributed by atoms with E-state index in [1.54, 1.807) is 0 Å². The molecule has 0 bridgehead atoms. The first-order valence-electron chi connectivity index (χ1n) is 5.84. The second-order valence-electron chi connectivity index (χ2n) is 4.43. The van der Waals surface area contributed by atoms with Crippen LogP contribution in [0.4, 0.5) is 5.69 Å². The monoisotopic (exact) mass is 250 g/mol. The number of fused-ring (bicyclic) bond motifs is 1. The molecule has 2 aromatic rings. The standard InChI is InChI=1S/C14H10N4O/c1-8-4-12(17-13(7-15)16-8)9-2-3-11-10(5-9)6-14(19)18-11/h2-5H,6H2,1H3,(H,18,19). The molecule has 0 atom stereocenters. The van der Waals surface area contributed by atoms with Crippen LogP contribution in [0.25, 0.3) is 11.3 Å². The van der Waals surface area contributed by atoms with Crippen molar-refractivity contribution in [3.63, 3.8) is 0 Å². The highest BCUT2D eigenvalue weighted by atomic mass is 16.1. The van der Waals surface area contributed by atoms with Crippen molar-refractivity contribution in [3.05, 3.63) is 41.3 Å². The van der Waals surface area contributed by atoms with Gasteiger partial charge in [-0.3, -0.25) is 4.79 Å². The van der Waals surface area contributed by atoms with E-state index in [2.05, 4.69) is 15.3 Å². The summed E-state index contributed by atoms with van der Waals surface area (Å²) in [4.78, 5) is 19.5. The first-order valence-corrected chi connectivity index (χ1v) is 5.84.